The fourth-order valence-corrected chi connectivity index (χ4v) is 3.67. The number of nitrogens with zero attached hydrogens (tertiary/aromatic N) is 2. The van der Waals surface area contributed by atoms with Crippen LogP contribution in [0.15, 0.2) is 12.4 Å². The minimum absolute atomic E-state index is 0.0498. The monoisotopic (exact) mass is 379 g/mol. The number of rotatable bonds is 3. The number of halogens is 2. The van der Waals surface area contributed by atoms with Crippen LogP contribution in [0, 0.1) is 5.41 Å². The van der Waals surface area contributed by atoms with Crippen LogP contribution in [0.3, 0.4) is 0 Å². The molecule has 0 saturated heterocycles. The van der Waals surface area contributed by atoms with E-state index >= 15 is 0 Å². The van der Waals surface area contributed by atoms with Gasteiger partial charge in [0.05, 0.1) is 21.3 Å². The summed E-state index contributed by atoms with van der Waals surface area (Å²) in [7, 11) is 0. The van der Waals surface area contributed by atoms with Crippen molar-refractivity contribution in [3.8, 4) is 0 Å². The maximum Gasteiger partial charge on any atom is 0.252 e. The average Bonchev–Trinajstić information content (AvgIpc) is 2.49. The summed E-state index contributed by atoms with van der Waals surface area (Å²) >= 11 is 12.4. The van der Waals surface area contributed by atoms with Gasteiger partial charge in [0.15, 0.2) is 0 Å². The number of nitrogen functional groups attached to an aromatic ring is 1. The standard InChI is InChI=1S/C17H19Cl2N5O/c1-17(2)4-3-8-9(5-17)12(15(21)25)14(20)24-16(8)23-13-10(18)6-22-7-11(13)19/h6-7H,3-5H2,1-2H3,(H2,21,25)(H3,20,22,23,24). The van der Waals surface area contributed by atoms with Crippen molar-refractivity contribution in [3.05, 3.63) is 39.1 Å². The predicted octanol–water partition coefficient (Wildman–Crippen LogP) is 3.72. The fourth-order valence-electron chi connectivity index (χ4n) is 3.21. The zero-order valence-corrected chi connectivity index (χ0v) is 15.5. The molecule has 2 aromatic heterocycles. The van der Waals surface area contributed by atoms with E-state index in [1.807, 2.05) is 0 Å². The molecule has 1 amide bonds. The van der Waals surface area contributed by atoms with Gasteiger partial charge < -0.3 is 16.8 Å². The van der Waals surface area contributed by atoms with E-state index in [9.17, 15) is 4.79 Å². The second kappa shape index (κ2) is 6.35. The SMILES string of the molecule is CC1(C)CCc2c(Nc3c(Cl)cncc3Cl)nc(N)c(C(N)=O)c2C1. The van der Waals surface area contributed by atoms with Gasteiger partial charge in [-0.15, -0.1) is 0 Å². The lowest BCUT2D eigenvalue weighted by Gasteiger charge is -2.33. The van der Waals surface area contributed by atoms with Gasteiger partial charge in [-0.05, 0) is 35.8 Å². The van der Waals surface area contributed by atoms with Crippen LogP contribution in [-0.4, -0.2) is 15.9 Å². The highest BCUT2D eigenvalue weighted by molar-refractivity contribution is 6.39. The van der Waals surface area contributed by atoms with E-state index < -0.39 is 5.91 Å². The van der Waals surface area contributed by atoms with Crippen molar-refractivity contribution in [2.75, 3.05) is 11.1 Å². The predicted molar refractivity (Wildman–Crippen MR) is 101 cm³/mol. The summed E-state index contributed by atoms with van der Waals surface area (Å²) in [4.78, 5) is 20.2. The minimum Gasteiger partial charge on any atom is -0.383 e. The molecule has 8 heteroatoms. The number of primary amides is 1. The maximum absolute atomic E-state index is 11.9. The number of hydrogen-bond acceptors (Lipinski definition) is 5. The summed E-state index contributed by atoms with van der Waals surface area (Å²) < 4.78 is 0. The number of aromatic nitrogens is 2. The van der Waals surface area contributed by atoms with Crippen LogP contribution in [0.25, 0.3) is 0 Å². The molecule has 6 nitrogen and oxygen atoms in total. The van der Waals surface area contributed by atoms with Crippen LogP contribution in [0.5, 0.6) is 0 Å². The number of carbonyl (C=O) groups excluding carboxylic acids is 1. The van der Waals surface area contributed by atoms with E-state index in [-0.39, 0.29) is 11.2 Å². The molecule has 132 valence electrons. The number of hydrogen-bond donors (Lipinski definition) is 3. The largest absolute Gasteiger partial charge is 0.383 e. The molecular formula is C17H19Cl2N5O. The molecule has 2 aromatic rings. The summed E-state index contributed by atoms with van der Waals surface area (Å²) in [6.45, 7) is 4.31. The van der Waals surface area contributed by atoms with E-state index in [1.165, 1.54) is 12.4 Å². The molecule has 0 spiro atoms. The molecular weight excluding hydrogens is 361 g/mol. The Morgan fingerprint density at radius 3 is 2.48 bits per heavy atom. The third-order valence-corrected chi connectivity index (χ3v) is 5.06. The first-order valence-corrected chi connectivity index (χ1v) is 8.62. The Morgan fingerprint density at radius 1 is 1.24 bits per heavy atom. The Bertz CT molecular complexity index is 846. The van der Waals surface area contributed by atoms with Gasteiger partial charge in [-0.25, -0.2) is 4.98 Å². The van der Waals surface area contributed by atoms with Crippen molar-refractivity contribution in [3.63, 3.8) is 0 Å². The van der Waals surface area contributed by atoms with Gasteiger partial charge in [0, 0.05) is 12.4 Å². The van der Waals surface area contributed by atoms with Gasteiger partial charge in [-0.2, -0.15) is 0 Å². The van der Waals surface area contributed by atoms with Crippen LogP contribution in [0.1, 0.15) is 41.8 Å². The minimum atomic E-state index is -0.564. The lowest BCUT2D eigenvalue weighted by molar-refractivity contribution is 0.0999. The molecule has 0 bridgehead atoms. The van der Waals surface area contributed by atoms with Crippen molar-refractivity contribution >= 4 is 46.4 Å². The Balaban J connectivity index is 2.16. The van der Waals surface area contributed by atoms with Gasteiger partial charge in [0.1, 0.15) is 11.6 Å². The van der Waals surface area contributed by atoms with Crippen molar-refractivity contribution < 1.29 is 4.79 Å². The van der Waals surface area contributed by atoms with E-state index in [2.05, 4.69) is 29.1 Å². The van der Waals surface area contributed by atoms with Crippen molar-refractivity contribution in [2.45, 2.75) is 33.1 Å². The van der Waals surface area contributed by atoms with Crippen molar-refractivity contribution in [1.29, 1.82) is 0 Å². The Kier molecular flexibility index (Phi) is 4.51. The number of carbonyl (C=O) groups is 1. The topological polar surface area (TPSA) is 107 Å². The van der Waals surface area contributed by atoms with E-state index in [0.29, 0.717) is 33.5 Å². The number of anilines is 3. The van der Waals surface area contributed by atoms with Gasteiger partial charge in [-0.1, -0.05) is 37.0 Å². The quantitative estimate of drug-likeness (QED) is 0.752. The lowest BCUT2D eigenvalue weighted by atomic mass is 9.73. The molecule has 2 heterocycles. The second-order valence-corrected chi connectivity index (χ2v) is 7.80. The molecule has 0 aliphatic heterocycles. The smallest absolute Gasteiger partial charge is 0.252 e. The third-order valence-electron chi connectivity index (χ3n) is 4.49. The van der Waals surface area contributed by atoms with Gasteiger partial charge in [-0.3, -0.25) is 9.78 Å². The first-order chi connectivity index (χ1) is 11.7. The number of fused-ring (bicyclic) bond motifs is 1. The summed E-state index contributed by atoms with van der Waals surface area (Å²) in [5, 5.41) is 3.90. The highest BCUT2D eigenvalue weighted by atomic mass is 35.5. The molecule has 5 N–H and O–H groups in total. The molecule has 3 rings (SSSR count). The summed E-state index contributed by atoms with van der Waals surface area (Å²) in [6, 6.07) is 0. The summed E-state index contributed by atoms with van der Waals surface area (Å²) in [5.41, 5.74) is 14.2. The molecule has 0 fully saturated rings. The maximum atomic E-state index is 11.9. The molecule has 0 unspecified atom stereocenters. The van der Waals surface area contributed by atoms with Crippen LogP contribution in [-0.2, 0) is 12.8 Å². The molecule has 25 heavy (non-hydrogen) atoms. The van der Waals surface area contributed by atoms with Gasteiger partial charge in [0.2, 0.25) is 0 Å². The van der Waals surface area contributed by atoms with Crippen LogP contribution < -0.4 is 16.8 Å². The lowest BCUT2D eigenvalue weighted by Crippen LogP contribution is -2.28. The first kappa shape index (κ1) is 17.8. The third kappa shape index (κ3) is 3.37. The summed E-state index contributed by atoms with van der Waals surface area (Å²) in [6.07, 6.45) is 5.38. The van der Waals surface area contributed by atoms with Crippen molar-refractivity contribution in [2.24, 2.45) is 11.1 Å². The molecule has 1 aliphatic carbocycles. The molecule has 1 aliphatic rings. The molecule has 0 saturated carbocycles. The van der Waals surface area contributed by atoms with Crippen LogP contribution >= 0.6 is 23.2 Å². The molecule has 0 atom stereocenters. The number of amides is 1. The number of nitrogens with one attached hydrogen (secondary N) is 1. The van der Waals surface area contributed by atoms with Crippen molar-refractivity contribution in [1.82, 2.24) is 9.97 Å². The Morgan fingerprint density at radius 2 is 1.88 bits per heavy atom. The molecule has 0 radical (unpaired) electrons. The zero-order valence-electron chi connectivity index (χ0n) is 14.0. The van der Waals surface area contributed by atoms with Gasteiger partial charge in [0.25, 0.3) is 5.91 Å². The molecule has 0 aromatic carbocycles. The number of nitrogens with two attached hydrogens (primary N) is 2. The van der Waals surface area contributed by atoms with Gasteiger partial charge >= 0.3 is 0 Å². The van der Waals surface area contributed by atoms with E-state index in [1.54, 1.807) is 0 Å². The van der Waals surface area contributed by atoms with E-state index in [0.717, 1.165) is 24.0 Å². The first-order valence-electron chi connectivity index (χ1n) is 7.86. The number of pyridine rings is 2. The van der Waals surface area contributed by atoms with E-state index in [4.69, 9.17) is 34.7 Å². The average molecular weight is 380 g/mol. The fraction of sp³-hybridized carbons (Fsp3) is 0.353. The normalized spacial score (nSPS) is 15.5. The Hall–Kier alpha value is -2.05. The Labute approximate surface area is 155 Å². The zero-order chi connectivity index (χ0) is 18.4. The van der Waals surface area contributed by atoms with Crippen LogP contribution in [0.4, 0.5) is 17.3 Å². The summed E-state index contributed by atoms with van der Waals surface area (Å²) in [5.74, 6) is 0.0845. The van der Waals surface area contributed by atoms with Crippen LogP contribution in [0.2, 0.25) is 10.0 Å². The second-order valence-electron chi connectivity index (χ2n) is 6.99. The highest BCUT2D eigenvalue weighted by Gasteiger charge is 2.32. The highest BCUT2D eigenvalue weighted by Crippen LogP contribution is 2.41.